The number of carbonyl (C=O) groups is 1. The van der Waals surface area contributed by atoms with E-state index in [0.29, 0.717) is 24.4 Å². The quantitative estimate of drug-likeness (QED) is 0.679. The molecule has 2 aromatic heterocycles. The minimum Gasteiger partial charge on any atom is -0.477 e. The number of anilines is 1. The molecule has 1 amide bonds. The van der Waals surface area contributed by atoms with Crippen molar-refractivity contribution in [3.8, 4) is 5.88 Å². The fourth-order valence-electron chi connectivity index (χ4n) is 3.97. The monoisotopic (exact) mass is 402 g/mol. The second kappa shape index (κ2) is 8.30. The number of para-hydroxylation sites is 1. The molecule has 0 unspecified atom stereocenters. The van der Waals surface area contributed by atoms with Crippen LogP contribution < -0.4 is 15.0 Å². The second-order valence-corrected chi connectivity index (χ2v) is 8.20. The van der Waals surface area contributed by atoms with Crippen LogP contribution in [0.15, 0.2) is 54.7 Å². The van der Waals surface area contributed by atoms with Crippen molar-refractivity contribution < 1.29 is 9.53 Å². The molecular formula is C24H26N4O2. The third-order valence-corrected chi connectivity index (χ3v) is 5.90. The molecule has 1 N–H and O–H groups in total. The highest BCUT2D eigenvalue weighted by molar-refractivity contribution is 6.07. The SMILES string of the molecule is O=C(NC1CC1)c1cc(N2CCC(COc3ccccn3)CC2)nc2ccccc12. The fraction of sp³-hybridized carbons (Fsp3) is 0.375. The highest BCUT2D eigenvalue weighted by Gasteiger charge is 2.26. The van der Waals surface area contributed by atoms with E-state index in [1.165, 1.54) is 0 Å². The van der Waals surface area contributed by atoms with Gasteiger partial charge in [0.05, 0.1) is 17.7 Å². The van der Waals surface area contributed by atoms with E-state index >= 15 is 0 Å². The van der Waals surface area contributed by atoms with Crippen LogP contribution in [0.2, 0.25) is 0 Å². The molecule has 5 rings (SSSR count). The summed E-state index contributed by atoms with van der Waals surface area (Å²) < 4.78 is 5.84. The molecule has 0 bridgehead atoms. The number of piperidine rings is 1. The minimum absolute atomic E-state index is 0.0102. The number of rotatable bonds is 6. The van der Waals surface area contributed by atoms with Gasteiger partial charge in [-0.25, -0.2) is 9.97 Å². The van der Waals surface area contributed by atoms with Gasteiger partial charge in [-0.3, -0.25) is 4.79 Å². The van der Waals surface area contributed by atoms with Crippen molar-refractivity contribution in [3.05, 3.63) is 60.3 Å². The van der Waals surface area contributed by atoms with E-state index in [0.717, 1.165) is 61.1 Å². The van der Waals surface area contributed by atoms with Gasteiger partial charge < -0.3 is 15.0 Å². The van der Waals surface area contributed by atoms with Gasteiger partial charge >= 0.3 is 0 Å². The van der Waals surface area contributed by atoms with Crippen LogP contribution in [-0.2, 0) is 0 Å². The third kappa shape index (κ3) is 4.22. The lowest BCUT2D eigenvalue weighted by atomic mass is 9.97. The summed E-state index contributed by atoms with van der Waals surface area (Å²) in [4.78, 5) is 24.2. The van der Waals surface area contributed by atoms with Crippen molar-refractivity contribution in [2.75, 3.05) is 24.6 Å². The van der Waals surface area contributed by atoms with Crippen molar-refractivity contribution >= 4 is 22.6 Å². The molecule has 154 valence electrons. The molecule has 3 heterocycles. The van der Waals surface area contributed by atoms with Crippen LogP contribution >= 0.6 is 0 Å². The molecule has 0 radical (unpaired) electrons. The summed E-state index contributed by atoms with van der Waals surface area (Å²) in [7, 11) is 0. The topological polar surface area (TPSA) is 67.4 Å². The average molecular weight is 402 g/mol. The van der Waals surface area contributed by atoms with Crippen molar-refractivity contribution in [2.45, 2.75) is 31.7 Å². The molecule has 30 heavy (non-hydrogen) atoms. The zero-order valence-corrected chi connectivity index (χ0v) is 17.0. The van der Waals surface area contributed by atoms with Crippen LogP contribution in [0, 0.1) is 5.92 Å². The normalized spacial score (nSPS) is 17.1. The third-order valence-electron chi connectivity index (χ3n) is 5.90. The van der Waals surface area contributed by atoms with Gasteiger partial charge in [0, 0.05) is 36.8 Å². The van der Waals surface area contributed by atoms with E-state index in [2.05, 4.69) is 15.2 Å². The van der Waals surface area contributed by atoms with Crippen LogP contribution in [0.5, 0.6) is 5.88 Å². The Morgan fingerprint density at radius 1 is 1.07 bits per heavy atom. The predicted octanol–water partition coefficient (Wildman–Crippen LogP) is 3.82. The maximum absolute atomic E-state index is 12.8. The number of amides is 1. The summed E-state index contributed by atoms with van der Waals surface area (Å²) >= 11 is 0. The number of pyridine rings is 2. The summed E-state index contributed by atoms with van der Waals surface area (Å²) in [6.45, 7) is 2.50. The number of benzene rings is 1. The molecule has 1 saturated carbocycles. The molecular weight excluding hydrogens is 376 g/mol. The van der Waals surface area contributed by atoms with E-state index in [1.54, 1.807) is 6.20 Å². The molecule has 0 atom stereocenters. The highest BCUT2D eigenvalue weighted by atomic mass is 16.5. The highest BCUT2D eigenvalue weighted by Crippen LogP contribution is 2.28. The Labute approximate surface area is 176 Å². The predicted molar refractivity (Wildman–Crippen MR) is 117 cm³/mol. The van der Waals surface area contributed by atoms with Gasteiger partial charge in [0.2, 0.25) is 5.88 Å². The molecule has 0 spiro atoms. The molecule has 1 aliphatic carbocycles. The fourth-order valence-corrected chi connectivity index (χ4v) is 3.97. The molecule has 6 heteroatoms. The lowest BCUT2D eigenvalue weighted by Crippen LogP contribution is -2.36. The number of ether oxygens (including phenoxy) is 1. The largest absolute Gasteiger partial charge is 0.477 e. The Morgan fingerprint density at radius 2 is 1.87 bits per heavy atom. The number of nitrogens with one attached hydrogen (secondary N) is 1. The van der Waals surface area contributed by atoms with Gasteiger partial charge in [-0.1, -0.05) is 24.3 Å². The zero-order chi connectivity index (χ0) is 20.3. The smallest absolute Gasteiger partial charge is 0.252 e. The average Bonchev–Trinajstić information content (AvgIpc) is 3.62. The van der Waals surface area contributed by atoms with Gasteiger partial charge in [0.25, 0.3) is 5.91 Å². The van der Waals surface area contributed by atoms with Crippen LogP contribution in [0.1, 0.15) is 36.0 Å². The molecule has 6 nitrogen and oxygen atoms in total. The molecule has 2 aliphatic rings. The Bertz CT molecular complexity index is 1030. The number of carbonyl (C=O) groups excluding carboxylic acids is 1. The van der Waals surface area contributed by atoms with E-state index in [4.69, 9.17) is 9.72 Å². The van der Waals surface area contributed by atoms with Crippen LogP contribution in [-0.4, -0.2) is 41.6 Å². The summed E-state index contributed by atoms with van der Waals surface area (Å²) in [6, 6.07) is 15.9. The summed E-state index contributed by atoms with van der Waals surface area (Å²) in [5.41, 5.74) is 1.60. The number of nitrogens with zero attached hydrogens (tertiary/aromatic N) is 3. The molecule has 1 aliphatic heterocycles. The van der Waals surface area contributed by atoms with Gasteiger partial charge in [-0.2, -0.15) is 0 Å². The molecule has 3 aromatic rings. The van der Waals surface area contributed by atoms with Gasteiger partial charge in [-0.15, -0.1) is 0 Å². The van der Waals surface area contributed by atoms with Gasteiger partial charge in [-0.05, 0) is 49.8 Å². The number of aromatic nitrogens is 2. The number of hydrogen-bond acceptors (Lipinski definition) is 5. The van der Waals surface area contributed by atoms with Crippen molar-refractivity contribution in [3.63, 3.8) is 0 Å². The summed E-state index contributed by atoms with van der Waals surface area (Å²) in [6.07, 6.45) is 5.97. The number of hydrogen-bond donors (Lipinski definition) is 1. The molecule has 1 saturated heterocycles. The van der Waals surface area contributed by atoms with E-state index in [1.807, 2.05) is 48.5 Å². The molecule has 2 fully saturated rings. The van der Waals surface area contributed by atoms with Crippen LogP contribution in [0.25, 0.3) is 10.9 Å². The maximum atomic E-state index is 12.8. The standard InChI is InChI=1S/C24H26N4O2/c29-24(26-18-8-9-18)20-15-22(27-21-6-2-1-5-19(20)21)28-13-10-17(11-14-28)16-30-23-7-3-4-12-25-23/h1-7,12,15,17-18H,8-11,13-14,16H2,(H,26,29). The van der Waals surface area contributed by atoms with Gasteiger partial charge in [0.1, 0.15) is 5.82 Å². The minimum atomic E-state index is 0.0102. The first-order valence-corrected chi connectivity index (χ1v) is 10.8. The van der Waals surface area contributed by atoms with Crippen molar-refractivity contribution in [2.24, 2.45) is 5.92 Å². The second-order valence-electron chi connectivity index (χ2n) is 8.20. The first kappa shape index (κ1) is 18.9. The van der Waals surface area contributed by atoms with Crippen LogP contribution in [0.4, 0.5) is 5.82 Å². The zero-order valence-electron chi connectivity index (χ0n) is 17.0. The Balaban J connectivity index is 1.28. The van der Waals surface area contributed by atoms with Gasteiger partial charge in [0.15, 0.2) is 0 Å². The lowest BCUT2D eigenvalue weighted by Gasteiger charge is -2.33. The van der Waals surface area contributed by atoms with E-state index in [9.17, 15) is 4.79 Å². The number of fused-ring (bicyclic) bond motifs is 1. The first-order valence-electron chi connectivity index (χ1n) is 10.8. The molecule has 1 aromatic carbocycles. The summed E-state index contributed by atoms with van der Waals surface area (Å²) in [5, 5.41) is 4.04. The Kier molecular flexibility index (Phi) is 5.22. The Morgan fingerprint density at radius 3 is 2.63 bits per heavy atom. The van der Waals surface area contributed by atoms with Crippen LogP contribution in [0.3, 0.4) is 0 Å². The van der Waals surface area contributed by atoms with E-state index < -0.39 is 0 Å². The maximum Gasteiger partial charge on any atom is 0.252 e. The first-order chi connectivity index (χ1) is 14.8. The lowest BCUT2D eigenvalue weighted by molar-refractivity contribution is 0.0952. The Hall–Kier alpha value is -3.15. The summed E-state index contributed by atoms with van der Waals surface area (Å²) in [5.74, 6) is 2.08. The van der Waals surface area contributed by atoms with Crippen molar-refractivity contribution in [1.82, 2.24) is 15.3 Å². The van der Waals surface area contributed by atoms with E-state index in [-0.39, 0.29) is 5.91 Å². The van der Waals surface area contributed by atoms with Crippen molar-refractivity contribution in [1.29, 1.82) is 0 Å².